The predicted octanol–water partition coefficient (Wildman–Crippen LogP) is 4.65. The lowest BCUT2D eigenvalue weighted by molar-refractivity contribution is -0.130. The Kier molecular flexibility index (Phi) is 6.21. The smallest absolute Gasteiger partial charge is 0.262 e. The number of carbonyl (C=O) groups is 2. The average Bonchev–Trinajstić information content (AvgIpc) is 2.78. The van der Waals surface area contributed by atoms with Gasteiger partial charge in [-0.1, -0.05) is 35.9 Å². The van der Waals surface area contributed by atoms with Gasteiger partial charge in [0.05, 0.1) is 6.04 Å². The van der Waals surface area contributed by atoms with Crippen LogP contribution >= 0.6 is 0 Å². The van der Waals surface area contributed by atoms with Gasteiger partial charge in [-0.15, -0.1) is 0 Å². The van der Waals surface area contributed by atoms with Gasteiger partial charge in [0.25, 0.3) is 5.91 Å². The lowest BCUT2D eigenvalue weighted by Gasteiger charge is -2.37. The van der Waals surface area contributed by atoms with Crippen molar-refractivity contribution in [2.45, 2.75) is 26.3 Å². The average molecular weight is 432 g/mol. The van der Waals surface area contributed by atoms with Gasteiger partial charge in [0, 0.05) is 19.2 Å². The maximum Gasteiger partial charge on any atom is 0.262 e. The molecule has 1 aliphatic heterocycles. The molecular formula is C26H25FN2O3. The summed E-state index contributed by atoms with van der Waals surface area (Å²) in [7, 11) is 0. The fourth-order valence-electron chi connectivity index (χ4n) is 4.04. The highest BCUT2D eigenvalue weighted by Gasteiger charge is 2.31. The second-order valence-corrected chi connectivity index (χ2v) is 7.98. The molecule has 0 aromatic heterocycles. The van der Waals surface area contributed by atoms with Gasteiger partial charge in [0.15, 0.2) is 6.61 Å². The number of amides is 2. The molecule has 1 atom stereocenters. The van der Waals surface area contributed by atoms with E-state index in [4.69, 9.17) is 4.74 Å². The van der Waals surface area contributed by atoms with Crippen LogP contribution in [0.2, 0.25) is 0 Å². The maximum absolute atomic E-state index is 13.9. The van der Waals surface area contributed by atoms with Crippen molar-refractivity contribution in [1.29, 1.82) is 0 Å². The van der Waals surface area contributed by atoms with Crippen LogP contribution in [0, 0.1) is 12.7 Å². The molecule has 0 fully saturated rings. The van der Waals surface area contributed by atoms with Gasteiger partial charge >= 0.3 is 0 Å². The molecule has 164 valence electrons. The summed E-state index contributed by atoms with van der Waals surface area (Å²) in [6, 6.07) is 19.1. The number of hydrogen-bond donors (Lipinski definition) is 1. The van der Waals surface area contributed by atoms with Crippen LogP contribution in [0.25, 0.3) is 0 Å². The molecule has 0 bridgehead atoms. The second kappa shape index (κ2) is 9.22. The summed E-state index contributed by atoms with van der Waals surface area (Å²) in [6.07, 6.45) is 0.703. The lowest BCUT2D eigenvalue weighted by Crippen LogP contribution is -2.39. The zero-order chi connectivity index (χ0) is 22.7. The molecule has 0 radical (unpaired) electrons. The third-order valence-corrected chi connectivity index (χ3v) is 5.62. The number of nitrogens with zero attached hydrogens (tertiary/aromatic N) is 1. The zero-order valence-electron chi connectivity index (χ0n) is 18.1. The number of hydrogen-bond acceptors (Lipinski definition) is 3. The van der Waals surface area contributed by atoms with Crippen molar-refractivity contribution in [2.75, 3.05) is 18.5 Å². The minimum absolute atomic E-state index is 0.0753. The minimum Gasteiger partial charge on any atom is -0.484 e. The summed E-state index contributed by atoms with van der Waals surface area (Å²) < 4.78 is 19.7. The Hall–Kier alpha value is -3.67. The molecule has 5 nitrogen and oxygen atoms in total. The van der Waals surface area contributed by atoms with Crippen LogP contribution in [0.3, 0.4) is 0 Å². The van der Waals surface area contributed by atoms with E-state index in [0.29, 0.717) is 30.0 Å². The Morgan fingerprint density at radius 2 is 1.88 bits per heavy atom. The Bertz CT molecular complexity index is 1140. The zero-order valence-corrected chi connectivity index (χ0v) is 18.1. The molecule has 6 heteroatoms. The number of aryl methyl sites for hydroxylation is 1. The number of nitrogens with one attached hydrogen (secondary N) is 1. The van der Waals surface area contributed by atoms with Gasteiger partial charge < -0.3 is 15.0 Å². The molecule has 1 aliphatic rings. The molecule has 0 saturated heterocycles. The summed E-state index contributed by atoms with van der Waals surface area (Å²) >= 11 is 0. The molecule has 32 heavy (non-hydrogen) atoms. The lowest BCUT2D eigenvalue weighted by atomic mass is 9.88. The number of carbonyl (C=O) groups excluding carboxylic acids is 2. The molecule has 1 N–H and O–H groups in total. The largest absolute Gasteiger partial charge is 0.484 e. The molecule has 1 unspecified atom stereocenters. The second-order valence-electron chi connectivity index (χ2n) is 7.98. The van der Waals surface area contributed by atoms with Crippen molar-refractivity contribution in [3.63, 3.8) is 0 Å². The normalized spacial score (nSPS) is 15.1. The quantitative estimate of drug-likeness (QED) is 0.639. The highest BCUT2D eigenvalue weighted by atomic mass is 19.1. The Morgan fingerprint density at radius 3 is 2.59 bits per heavy atom. The SMILES string of the molecule is CC(=O)N1CCc2ccc(OCC(=O)Nc3ccc(C)cc3)cc2C1c1cccc(F)c1. The van der Waals surface area contributed by atoms with E-state index in [1.54, 1.807) is 11.0 Å². The number of benzene rings is 3. The first-order valence-electron chi connectivity index (χ1n) is 10.6. The summed E-state index contributed by atoms with van der Waals surface area (Å²) in [5.74, 6) is -0.166. The predicted molar refractivity (Wildman–Crippen MR) is 121 cm³/mol. The summed E-state index contributed by atoms with van der Waals surface area (Å²) in [5.41, 5.74) is 4.48. The first-order chi connectivity index (χ1) is 15.4. The fourth-order valence-corrected chi connectivity index (χ4v) is 4.04. The Morgan fingerprint density at radius 1 is 1.09 bits per heavy atom. The topological polar surface area (TPSA) is 58.6 Å². The van der Waals surface area contributed by atoms with E-state index >= 15 is 0 Å². The monoisotopic (exact) mass is 432 g/mol. The number of fused-ring (bicyclic) bond motifs is 1. The third kappa shape index (κ3) is 4.80. The van der Waals surface area contributed by atoms with Crippen molar-refractivity contribution in [3.05, 3.63) is 94.8 Å². The third-order valence-electron chi connectivity index (χ3n) is 5.62. The van der Waals surface area contributed by atoms with E-state index in [0.717, 1.165) is 16.7 Å². The number of anilines is 1. The van der Waals surface area contributed by atoms with Crippen molar-refractivity contribution >= 4 is 17.5 Å². The first-order valence-corrected chi connectivity index (χ1v) is 10.6. The Balaban J connectivity index is 1.55. The van der Waals surface area contributed by atoms with Gasteiger partial charge in [0.2, 0.25) is 5.91 Å². The van der Waals surface area contributed by atoms with Gasteiger partial charge in [-0.2, -0.15) is 0 Å². The van der Waals surface area contributed by atoms with E-state index in [2.05, 4.69) is 5.32 Å². The van der Waals surface area contributed by atoms with Crippen LogP contribution in [-0.2, 0) is 16.0 Å². The summed E-state index contributed by atoms with van der Waals surface area (Å²) in [6.45, 7) is 3.92. The molecule has 0 aliphatic carbocycles. The molecule has 0 saturated carbocycles. The van der Waals surface area contributed by atoms with E-state index in [1.165, 1.54) is 19.1 Å². The van der Waals surface area contributed by atoms with Gasteiger partial charge in [-0.25, -0.2) is 4.39 Å². The highest BCUT2D eigenvalue weighted by Crippen LogP contribution is 2.37. The first kappa shape index (κ1) is 21.6. The highest BCUT2D eigenvalue weighted by molar-refractivity contribution is 5.91. The van der Waals surface area contributed by atoms with E-state index in [1.807, 2.05) is 55.5 Å². The Labute approximate surface area is 186 Å². The molecule has 4 rings (SSSR count). The maximum atomic E-state index is 13.9. The minimum atomic E-state index is -0.406. The van der Waals surface area contributed by atoms with Crippen LogP contribution in [0.4, 0.5) is 10.1 Å². The van der Waals surface area contributed by atoms with Crippen LogP contribution in [-0.4, -0.2) is 29.9 Å². The molecule has 0 spiro atoms. The van der Waals surface area contributed by atoms with E-state index < -0.39 is 6.04 Å². The number of halogens is 1. The van der Waals surface area contributed by atoms with Gasteiger partial charge in [-0.3, -0.25) is 9.59 Å². The molecule has 3 aromatic carbocycles. The van der Waals surface area contributed by atoms with Crippen LogP contribution in [0.5, 0.6) is 5.75 Å². The number of ether oxygens (including phenoxy) is 1. The standard InChI is InChI=1S/C26H25FN2O3/c1-17-6-9-22(10-7-17)28-25(31)16-32-23-11-8-19-12-13-29(18(2)30)26(24(19)15-23)20-4-3-5-21(27)14-20/h3-11,14-15,26H,12-13,16H2,1-2H3,(H,28,31). The summed E-state index contributed by atoms with van der Waals surface area (Å²) in [5, 5.41) is 2.81. The summed E-state index contributed by atoms with van der Waals surface area (Å²) in [4.78, 5) is 26.4. The van der Waals surface area contributed by atoms with Gasteiger partial charge in [-0.05, 0) is 66.4 Å². The van der Waals surface area contributed by atoms with Crippen LogP contribution in [0.1, 0.15) is 35.2 Å². The fraction of sp³-hybridized carbons (Fsp3) is 0.231. The van der Waals surface area contributed by atoms with Crippen molar-refractivity contribution in [3.8, 4) is 5.75 Å². The van der Waals surface area contributed by atoms with E-state index in [-0.39, 0.29) is 24.2 Å². The molecular weight excluding hydrogens is 407 g/mol. The molecule has 1 heterocycles. The number of rotatable bonds is 5. The van der Waals surface area contributed by atoms with Crippen molar-refractivity contribution < 1.29 is 18.7 Å². The van der Waals surface area contributed by atoms with Gasteiger partial charge in [0.1, 0.15) is 11.6 Å². The van der Waals surface area contributed by atoms with E-state index in [9.17, 15) is 14.0 Å². The molecule has 2 amide bonds. The van der Waals surface area contributed by atoms with Crippen LogP contribution < -0.4 is 10.1 Å². The molecule has 3 aromatic rings. The van der Waals surface area contributed by atoms with Crippen molar-refractivity contribution in [2.24, 2.45) is 0 Å². The van der Waals surface area contributed by atoms with Crippen molar-refractivity contribution in [1.82, 2.24) is 4.90 Å². The van der Waals surface area contributed by atoms with Crippen LogP contribution in [0.15, 0.2) is 66.7 Å².